The Balaban J connectivity index is 1.38. The molecule has 1 aromatic heterocycles. The standard InChI is InChI=1S/C21H16F2N2O3/c22-21(23)28-14-7-5-13(6-8-14)24-20(26)12-27-15-9-10-17-16-3-1-2-4-18(16)25-19(17)11-15/h1-11,21,25H,12H2,(H,24,26). The van der Waals surface area contributed by atoms with Crippen molar-refractivity contribution >= 4 is 33.4 Å². The summed E-state index contributed by atoms with van der Waals surface area (Å²) in [6.07, 6.45) is 0. The molecule has 0 unspecified atom stereocenters. The van der Waals surface area contributed by atoms with Gasteiger partial charge in [0.25, 0.3) is 5.91 Å². The van der Waals surface area contributed by atoms with Crippen LogP contribution in [0.25, 0.3) is 21.8 Å². The molecule has 3 aromatic carbocycles. The third-order valence-electron chi connectivity index (χ3n) is 4.21. The van der Waals surface area contributed by atoms with Crippen molar-refractivity contribution in [2.24, 2.45) is 0 Å². The molecule has 0 spiro atoms. The van der Waals surface area contributed by atoms with E-state index in [9.17, 15) is 13.6 Å². The summed E-state index contributed by atoms with van der Waals surface area (Å²) < 4.78 is 34.1. The molecular weight excluding hydrogens is 366 g/mol. The summed E-state index contributed by atoms with van der Waals surface area (Å²) in [6.45, 7) is -3.07. The number of alkyl halides is 2. The Morgan fingerprint density at radius 2 is 1.64 bits per heavy atom. The van der Waals surface area contributed by atoms with Crippen molar-refractivity contribution in [1.29, 1.82) is 0 Å². The van der Waals surface area contributed by atoms with Gasteiger partial charge in [-0.25, -0.2) is 0 Å². The zero-order valence-corrected chi connectivity index (χ0v) is 14.6. The Labute approximate surface area is 158 Å². The number of fused-ring (bicyclic) bond motifs is 3. The molecule has 0 saturated heterocycles. The first-order valence-corrected chi connectivity index (χ1v) is 8.56. The van der Waals surface area contributed by atoms with Gasteiger partial charge in [-0.3, -0.25) is 4.79 Å². The van der Waals surface area contributed by atoms with Crippen LogP contribution in [0.5, 0.6) is 11.5 Å². The number of ether oxygens (including phenoxy) is 2. The monoisotopic (exact) mass is 382 g/mol. The van der Waals surface area contributed by atoms with Gasteiger partial charge in [-0.15, -0.1) is 0 Å². The maximum absolute atomic E-state index is 12.1. The van der Waals surface area contributed by atoms with E-state index in [4.69, 9.17) is 4.74 Å². The molecule has 4 aromatic rings. The number of carbonyl (C=O) groups excluding carboxylic acids is 1. The SMILES string of the molecule is O=C(COc1ccc2c(c1)[nH]c1ccccc12)Nc1ccc(OC(F)F)cc1. The number of aromatic nitrogens is 1. The number of amides is 1. The molecule has 28 heavy (non-hydrogen) atoms. The second-order valence-corrected chi connectivity index (χ2v) is 6.12. The first-order valence-electron chi connectivity index (χ1n) is 8.56. The van der Waals surface area contributed by atoms with E-state index in [0.29, 0.717) is 11.4 Å². The number of benzene rings is 3. The second kappa shape index (κ2) is 7.56. The number of anilines is 1. The second-order valence-electron chi connectivity index (χ2n) is 6.12. The van der Waals surface area contributed by atoms with Gasteiger partial charge >= 0.3 is 6.61 Å². The van der Waals surface area contributed by atoms with E-state index < -0.39 is 6.61 Å². The minimum atomic E-state index is -2.89. The van der Waals surface area contributed by atoms with Crippen molar-refractivity contribution in [3.05, 3.63) is 66.7 Å². The minimum absolute atomic E-state index is 0.0240. The maximum atomic E-state index is 12.1. The summed E-state index contributed by atoms with van der Waals surface area (Å²) in [4.78, 5) is 15.4. The summed E-state index contributed by atoms with van der Waals surface area (Å²) in [6, 6.07) is 19.3. The van der Waals surface area contributed by atoms with Crippen molar-refractivity contribution in [3.8, 4) is 11.5 Å². The molecule has 1 amide bonds. The lowest BCUT2D eigenvalue weighted by atomic mass is 10.1. The predicted octanol–water partition coefficient (Wildman–Crippen LogP) is 4.94. The van der Waals surface area contributed by atoms with Crippen molar-refractivity contribution in [1.82, 2.24) is 4.98 Å². The normalized spacial score (nSPS) is 11.1. The van der Waals surface area contributed by atoms with Gasteiger partial charge < -0.3 is 19.8 Å². The lowest BCUT2D eigenvalue weighted by Crippen LogP contribution is -2.20. The van der Waals surface area contributed by atoms with Gasteiger partial charge in [0, 0.05) is 28.0 Å². The maximum Gasteiger partial charge on any atom is 0.387 e. The molecule has 0 aliphatic heterocycles. The highest BCUT2D eigenvalue weighted by molar-refractivity contribution is 6.07. The van der Waals surface area contributed by atoms with Crippen LogP contribution in [0.4, 0.5) is 14.5 Å². The number of carbonyl (C=O) groups is 1. The van der Waals surface area contributed by atoms with Crippen LogP contribution in [0.2, 0.25) is 0 Å². The Kier molecular flexibility index (Phi) is 4.80. The molecule has 0 saturated carbocycles. The van der Waals surface area contributed by atoms with Crippen LogP contribution >= 0.6 is 0 Å². The van der Waals surface area contributed by atoms with E-state index in [2.05, 4.69) is 15.0 Å². The van der Waals surface area contributed by atoms with Gasteiger partial charge in [0.15, 0.2) is 6.61 Å². The zero-order valence-electron chi connectivity index (χ0n) is 14.6. The largest absolute Gasteiger partial charge is 0.484 e. The zero-order chi connectivity index (χ0) is 19.5. The fraction of sp³-hybridized carbons (Fsp3) is 0.0952. The molecular formula is C21H16F2N2O3. The number of halogens is 2. The third-order valence-corrected chi connectivity index (χ3v) is 4.21. The van der Waals surface area contributed by atoms with Gasteiger partial charge in [0.2, 0.25) is 0 Å². The molecule has 7 heteroatoms. The molecule has 5 nitrogen and oxygen atoms in total. The van der Waals surface area contributed by atoms with Crippen molar-refractivity contribution in [2.45, 2.75) is 6.61 Å². The summed E-state index contributed by atoms with van der Waals surface area (Å²) in [5.41, 5.74) is 2.42. The summed E-state index contributed by atoms with van der Waals surface area (Å²) in [5, 5.41) is 4.84. The van der Waals surface area contributed by atoms with Gasteiger partial charge in [0.1, 0.15) is 11.5 Å². The fourth-order valence-corrected chi connectivity index (χ4v) is 2.99. The van der Waals surface area contributed by atoms with E-state index in [-0.39, 0.29) is 18.3 Å². The highest BCUT2D eigenvalue weighted by Gasteiger charge is 2.08. The molecule has 4 rings (SSSR count). The third kappa shape index (κ3) is 3.88. The number of nitrogens with one attached hydrogen (secondary N) is 2. The number of rotatable bonds is 6. The fourth-order valence-electron chi connectivity index (χ4n) is 2.99. The first kappa shape index (κ1) is 17.8. The summed E-state index contributed by atoms with van der Waals surface area (Å²) >= 11 is 0. The number of para-hydroxylation sites is 1. The molecule has 142 valence electrons. The first-order chi connectivity index (χ1) is 13.6. The van der Waals surface area contributed by atoms with Gasteiger partial charge in [-0.2, -0.15) is 8.78 Å². The molecule has 1 heterocycles. The Bertz CT molecular complexity index is 1120. The lowest BCUT2D eigenvalue weighted by molar-refractivity contribution is -0.118. The van der Waals surface area contributed by atoms with Gasteiger partial charge in [-0.05, 0) is 42.5 Å². The van der Waals surface area contributed by atoms with E-state index in [1.54, 1.807) is 0 Å². The quantitative estimate of drug-likeness (QED) is 0.496. The topological polar surface area (TPSA) is 63.4 Å². The van der Waals surface area contributed by atoms with Crippen LogP contribution in [0.3, 0.4) is 0 Å². The molecule has 0 bridgehead atoms. The molecule has 0 radical (unpaired) electrons. The highest BCUT2D eigenvalue weighted by atomic mass is 19.3. The number of hydrogen-bond donors (Lipinski definition) is 2. The van der Waals surface area contributed by atoms with Crippen molar-refractivity contribution in [2.75, 3.05) is 11.9 Å². The van der Waals surface area contributed by atoms with Crippen LogP contribution in [0.1, 0.15) is 0 Å². The van der Waals surface area contributed by atoms with Crippen molar-refractivity contribution in [3.63, 3.8) is 0 Å². The van der Waals surface area contributed by atoms with Crippen LogP contribution in [-0.2, 0) is 4.79 Å². The summed E-state index contributed by atoms with van der Waals surface area (Å²) in [7, 11) is 0. The predicted molar refractivity (Wildman–Crippen MR) is 103 cm³/mol. The smallest absolute Gasteiger partial charge is 0.387 e. The molecule has 0 atom stereocenters. The van der Waals surface area contributed by atoms with Crippen LogP contribution in [0, 0.1) is 0 Å². The van der Waals surface area contributed by atoms with E-state index in [1.807, 2.05) is 42.5 Å². The van der Waals surface area contributed by atoms with Crippen LogP contribution < -0.4 is 14.8 Å². The van der Waals surface area contributed by atoms with Gasteiger partial charge in [-0.1, -0.05) is 18.2 Å². The minimum Gasteiger partial charge on any atom is -0.484 e. The number of hydrogen-bond acceptors (Lipinski definition) is 3. The van der Waals surface area contributed by atoms with Crippen LogP contribution in [0.15, 0.2) is 66.7 Å². The number of aromatic amines is 1. The van der Waals surface area contributed by atoms with Crippen LogP contribution in [-0.4, -0.2) is 24.1 Å². The molecule has 0 aliphatic carbocycles. The van der Waals surface area contributed by atoms with Gasteiger partial charge in [0.05, 0.1) is 5.52 Å². The molecule has 2 N–H and O–H groups in total. The molecule has 0 fully saturated rings. The highest BCUT2D eigenvalue weighted by Crippen LogP contribution is 2.28. The number of H-pyrrole nitrogens is 1. The van der Waals surface area contributed by atoms with Crippen molar-refractivity contribution < 1.29 is 23.0 Å². The Morgan fingerprint density at radius 1 is 0.929 bits per heavy atom. The summed E-state index contributed by atoms with van der Waals surface area (Å²) in [5.74, 6) is 0.227. The average molecular weight is 382 g/mol. The van der Waals surface area contributed by atoms with E-state index in [0.717, 1.165) is 21.8 Å². The van der Waals surface area contributed by atoms with E-state index in [1.165, 1.54) is 24.3 Å². The van der Waals surface area contributed by atoms with E-state index >= 15 is 0 Å². The Morgan fingerprint density at radius 3 is 2.43 bits per heavy atom. The average Bonchev–Trinajstić information content (AvgIpc) is 3.05. The molecule has 0 aliphatic rings. The lowest BCUT2D eigenvalue weighted by Gasteiger charge is -2.09. The Hall–Kier alpha value is -3.61.